The Balaban J connectivity index is 2.24. The van der Waals surface area contributed by atoms with Crippen molar-refractivity contribution in [2.45, 2.75) is 13.1 Å². The van der Waals surface area contributed by atoms with Crippen LogP contribution < -0.4 is 0 Å². The van der Waals surface area contributed by atoms with E-state index in [4.69, 9.17) is 5.11 Å². The van der Waals surface area contributed by atoms with Gasteiger partial charge in [-0.15, -0.1) is 0 Å². The van der Waals surface area contributed by atoms with Crippen LogP contribution in [0.4, 0.5) is 13.2 Å². The van der Waals surface area contributed by atoms with Crippen molar-refractivity contribution in [3.63, 3.8) is 0 Å². The molecule has 1 aromatic carbocycles. The number of hydrogen-bond donors (Lipinski definition) is 2. The second kappa shape index (κ2) is 5.51. The number of aryl methyl sites for hydroxylation is 1. The summed E-state index contributed by atoms with van der Waals surface area (Å²) in [6, 6.07) is 4.01. The maximum absolute atomic E-state index is 12.9. The number of carboxylic acids is 1. The van der Waals surface area contributed by atoms with Crippen LogP contribution >= 0.6 is 0 Å². The van der Waals surface area contributed by atoms with Gasteiger partial charge in [0.05, 0.1) is 11.8 Å². The molecular formula is C14H14F3NO4. The van der Waals surface area contributed by atoms with Crippen LogP contribution in [0.5, 0.6) is 5.75 Å². The Morgan fingerprint density at radius 2 is 1.91 bits per heavy atom. The molecule has 1 aliphatic heterocycles. The van der Waals surface area contributed by atoms with Crippen molar-refractivity contribution in [3.8, 4) is 5.75 Å². The molecule has 0 aromatic heterocycles. The number of likely N-dealkylation sites (tertiary alicyclic amines) is 1. The third-order valence-corrected chi connectivity index (χ3v) is 3.80. The summed E-state index contributed by atoms with van der Waals surface area (Å²) < 4.78 is 38.7. The normalized spacial score (nSPS) is 21.9. The summed E-state index contributed by atoms with van der Waals surface area (Å²) >= 11 is 0. The van der Waals surface area contributed by atoms with Crippen molar-refractivity contribution in [2.75, 3.05) is 13.1 Å². The van der Waals surface area contributed by atoms with Crippen molar-refractivity contribution in [1.29, 1.82) is 0 Å². The van der Waals surface area contributed by atoms with E-state index in [1.54, 1.807) is 6.92 Å². The van der Waals surface area contributed by atoms with E-state index >= 15 is 0 Å². The van der Waals surface area contributed by atoms with Gasteiger partial charge in [-0.05, 0) is 24.6 Å². The molecule has 0 bridgehead atoms. The zero-order valence-corrected chi connectivity index (χ0v) is 11.6. The molecule has 22 heavy (non-hydrogen) atoms. The van der Waals surface area contributed by atoms with Crippen LogP contribution in [0.3, 0.4) is 0 Å². The van der Waals surface area contributed by atoms with Crippen LogP contribution in [0.2, 0.25) is 0 Å². The molecule has 0 saturated carbocycles. The van der Waals surface area contributed by atoms with Gasteiger partial charge in [-0.2, -0.15) is 13.2 Å². The molecule has 5 nitrogen and oxygen atoms in total. The minimum atomic E-state index is -4.69. The number of hydrogen-bond acceptors (Lipinski definition) is 3. The summed E-state index contributed by atoms with van der Waals surface area (Å²) in [4.78, 5) is 24.1. The van der Waals surface area contributed by atoms with E-state index in [9.17, 15) is 27.9 Å². The number of alkyl halides is 3. The van der Waals surface area contributed by atoms with Crippen LogP contribution in [0, 0.1) is 18.8 Å². The van der Waals surface area contributed by atoms with Crippen molar-refractivity contribution >= 4 is 11.9 Å². The Hall–Kier alpha value is -2.25. The molecule has 0 spiro atoms. The van der Waals surface area contributed by atoms with Gasteiger partial charge in [-0.1, -0.05) is 6.07 Å². The highest BCUT2D eigenvalue weighted by atomic mass is 19.4. The third kappa shape index (κ3) is 3.00. The summed E-state index contributed by atoms with van der Waals surface area (Å²) in [7, 11) is 0. The Kier molecular flexibility index (Phi) is 4.04. The van der Waals surface area contributed by atoms with Crippen LogP contribution in [0.1, 0.15) is 15.9 Å². The fraction of sp³-hybridized carbons (Fsp3) is 0.429. The van der Waals surface area contributed by atoms with Gasteiger partial charge in [0, 0.05) is 18.7 Å². The van der Waals surface area contributed by atoms with Crippen molar-refractivity contribution in [1.82, 2.24) is 4.90 Å². The van der Waals surface area contributed by atoms with E-state index in [0.717, 1.165) is 11.0 Å². The zero-order chi connectivity index (χ0) is 16.7. The Bertz CT molecular complexity index is 615. The number of carbonyl (C=O) groups is 2. The number of aromatic hydroxyl groups is 1. The van der Waals surface area contributed by atoms with Crippen LogP contribution in [-0.2, 0) is 4.79 Å². The average Bonchev–Trinajstić information content (AvgIpc) is 2.86. The van der Waals surface area contributed by atoms with Gasteiger partial charge < -0.3 is 15.1 Å². The highest BCUT2D eigenvalue weighted by molar-refractivity contribution is 5.95. The number of phenolic OH excluding ortho intramolecular Hbond substituents is 1. The predicted octanol–water partition coefficient (Wildman–Crippen LogP) is 2.04. The van der Waals surface area contributed by atoms with Gasteiger partial charge in [0.2, 0.25) is 0 Å². The van der Waals surface area contributed by atoms with E-state index in [-0.39, 0.29) is 11.3 Å². The lowest BCUT2D eigenvalue weighted by Gasteiger charge is -2.18. The number of halogens is 3. The fourth-order valence-electron chi connectivity index (χ4n) is 2.48. The number of benzene rings is 1. The first-order valence-corrected chi connectivity index (χ1v) is 6.49. The first-order chi connectivity index (χ1) is 10.1. The highest BCUT2D eigenvalue weighted by Crippen LogP contribution is 2.38. The molecule has 1 fully saturated rings. The van der Waals surface area contributed by atoms with Gasteiger partial charge in [-0.3, -0.25) is 9.59 Å². The van der Waals surface area contributed by atoms with Crippen molar-refractivity contribution < 1.29 is 33.0 Å². The fourth-order valence-corrected chi connectivity index (χ4v) is 2.48. The van der Waals surface area contributed by atoms with E-state index in [2.05, 4.69) is 0 Å². The summed E-state index contributed by atoms with van der Waals surface area (Å²) in [5, 5.41) is 18.5. The second-order valence-electron chi connectivity index (χ2n) is 5.30. The molecule has 2 atom stereocenters. The molecule has 1 heterocycles. The van der Waals surface area contributed by atoms with E-state index in [1.165, 1.54) is 12.1 Å². The monoisotopic (exact) mass is 317 g/mol. The van der Waals surface area contributed by atoms with Crippen molar-refractivity contribution in [2.24, 2.45) is 11.8 Å². The average molecular weight is 317 g/mol. The standard InChI is InChI=1S/C14H14F3NO4/c1-7-2-3-8(4-11(7)19)12(20)18-5-9(13(21)22)10(6-18)14(15,16)17/h2-4,9-10,19H,5-6H2,1H3,(H,21,22)/t9-,10-/m1/s1. The van der Waals surface area contributed by atoms with Crippen LogP contribution in [0.25, 0.3) is 0 Å². The molecule has 1 aliphatic rings. The van der Waals surface area contributed by atoms with E-state index in [0.29, 0.717) is 5.56 Å². The molecule has 0 unspecified atom stereocenters. The van der Waals surface area contributed by atoms with Gasteiger partial charge in [0.1, 0.15) is 5.75 Å². The SMILES string of the molecule is Cc1ccc(C(=O)N2C[C@@H](C(F)(F)F)[C@H](C(=O)O)C2)cc1O. The number of phenols is 1. The summed E-state index contributed by atoms with van der Waals surface area (Å²) in [5.41, 5.74) is 0.546. The number of rotatable bonds is 2. The Labute approximate surface area is 124 Å². The second-order valence-corrected chi connectivity index (χ2v) is 5.30. The van der Waals surface area contributed by atoms with Gasteiger partial charge >= 0.3 is 12.1 Å². The van der Waals surface area contributed by atoms with Crippen LogP contribution in [-0.4, -0.2) is 46.3 Å². The van der Waals surface area contributed by atoms with Crippen molar-refractivity contribution in [3.05, 3.63) is 29.3 Å². The number of nitrogens with zero attached hydrogens (tertiary/aromatic N) is 1. The number of carbonyl (C=O) groups excluding carboxylic acids is 1. The third-order valence-electron chi connectivity index (χ3n) is 3.80. The molecule has 0 aliphatic carbocycles. The molecule has 2 N–H and O–H groups in total. The number of aliphatic carboxylic acids is 1. The van der Waals surface area contributed by atoms with Crippen LogP contribution in [0.15, 0.2) is 18.2 Å². The molecule has 0 radical (unpaired) electrons. The largest absolute Gasteiger partial charge is 0.508 e. The maximum Gasteiger partial charge on any atom is 0.394 e. The molecule has 1 aromatic rings. The Morgan fingerprint density at radius 1 is 1.27 bits per heavy atom. The van der Waals surface area contributed by atoms with E-state index < -0.39 is 43.0 Å². The molecule has 120 valence electrons. The first kappa shape index (κ1) is 16.1. The lowest BCUT2D eigenvalue weighted by molar-refractivity contribution is -0.187. The smallest absolute Gasteiger partial charge is 0.394 e. The number of carboxylic acid groups (broad SMARTS) is 1. The molecule has 2 rings (SSSR count). The minimum absolute atomic E-state index is 0.0232. The molecule has 1 amide bonds. The molecule has 8 heteroatoms. The lowest BCUT2D eigenvalue weighted by atomic mass is 9.96. The lowest BCUT2D eigenvalue weighted by Crippen LogP contribution is -2.34. The summed E-state index contributed by atoms with van der Waals surface area (Å²) in [5.74, 6) is -6.22. The van der Waals surface area contributed by atoms with Gasteiger partial charge in [-0.25, -0.2) is 0 Å². The molecule has 1 saturated heterocycles. The van der Waals surface area contributed by atoms with Gasteiger partial charge in [0.25, 0.3) is 5.91 Å². The zero-order valence-electron chi connectivity index (χ0n) is 11.6. The van der Waals surface area contributed by atoms with E-state index in [1.807, 2.05) is 0 Å². The minimum Gasteiger partial charge on any atom is -0.508 e. The summed E-state index contributed by atoms with van der Waals surface area (Å²) in [6.07, 6.45) is -4.69. The Morgan fingerprint density at radius 3 is 2.36 bits per heavy atom. The highest BCUT2D eigenvalue weighted by Gasteiger charge is 2.53. The molecular weight excluding hydrogens is 303 g/mol. The maximum atomic E-state index is 12.9. The number of amides is 1. The quantitative estimate of drug-likeness (QED) is 0.875. The first-order valence-electron chi connectivity index (χ1n) is 6.49. The predicted molar refractivity (Wildman–Crippen MR) is 69.4 cm³/mol. The summed E-state index contributed by atoms with van der Waals surface area (Å²) in [6.45, 7) is 0.403. The van der Waals surface area contributed by atoms with Gasteiger partial charge in [0.15, 0.2) is 0 Å². The topological polar surface area (TPSA) is 77.8 Å².